The van der Waals surface area contributed by atoms with Crippen molar-refractivity contribution in [2.75, 3.05) is 17.2 Å². The van der Waals surface area contributed by atoms with Crippen LogP contribution in [-0.2, 0) is 0 Å². The van der Waals surface area contributed by atoms with Crippen LogP contribution in [0.25, 0.3) is 0 Å². The van der Waals surface area contributed by atoms with Gasteiger partial charge in [0.1, 0.15) is 5.82 Å². The second-order valence-electron chi connectivity index (χ2n) is 3.67. The molecule has 2 rings (SSSR count). The number of rotatable bonds is 2. The van der Waals surface area contributed by atoms with Gasteiger partial charge in [0.05, 0.1) is 11.4 Å². The number of fused-ring (bicyclic) bond motifs is 1. The Bertz CT molecular complexity index is 325. The predicted molar refractivity (Wildman–Crippen MR) is 57.2 cm³/mol. The summed E-state index contributed by atoms with van der Waals surface area (Å²) in [5.41, 5.74) is 1.49. The minimum Gasteiger partial charge on any atom is -0.379 e. The number of hydrogen-bond acceptors (Lipinski definition) is 2. The number of benzene rings is 1. The van der Waals surface area contributed by atoms with Crippen molar-refractivity contribution in [1.29, 1.82) is 0 Å². The van der Waals surface area contributed by atoms with Crippen LogP contribution in [0.1, 0.15) is 19.8 Å². The largest absolute Gasteiger partial charge is 0.379 e. The number of nitrogens with one attached hydrogen (secondary N) is 2. The lowest BCUT2D eigenvalue weighted by Gasteiger charge is -2.28. The molecule has 1 aromatic rings. The first-order valence-corrected chi connectivity index (χ1v) is 5.10. The third-order valence-corrected chi connectivity index (χ3v) is 2.54. The van der Waals surface area contributed by atoms with Gasteiger partial charge in [-0.2, -0.15) is 0 Å². The molecule has 0 bridgehead atoms. The van der Waals surface area contributed by atoms with Crippen LogP contribution in [0, 0.1) is 5.82 Å². The lowest BCUT2D eigenvalue weighted by atomic mass is 10.1. The smallest absolute Gasteiger partial charge is 0.148 e. The number of anilines is 2. The van der Waals surface area contributed by atoms with E-state index in [1.165, 1.54) is 6.07 Å². The molecular formula is C11H15FN2. The fraction of sp³-hybridized carbons (Fsp3) is 0.455. The van der Waals surface area contributed by atoms with E-state index in [0.29, 0.717) is 11.7 Å². The van der Waals surface area contributed by atoms with E-state index in [2.05, 4.69) is 17.6 Å². The number of para-hydroxylation sites is 1. The molecule has 0 fully saturated rings. The molecule has 76 valence electrons. The highest BCUT2D eigenvalue weighted by Crippen LogP contribution is 2.29. The van der Waals surface area contributed by atoms with Gasteiger partial charge in [-0.05, 0) is 18.6 Å². The molecule has 1 unspecified atom stereocenters. The summed E-state index contributed by atoms with van der Waals surface area (Å²) >= 11 is 0. The summed E-state index contributed by atoms with van der Waals surface area (Å²) in [4.78, 5) is 0. The molecule has 1 atom stereocenters. The maximum atomic E-state index is 13.3. The molecule has 3 heteroatoms. The van der Waals surface area contributed by atoms with Crippen LogP contribution in [0.5, 0.6) is 0 Å². The first-order chi connectivity index (χ1) is 6.81. The van der Waals surface area contributed by atoms with Crippen molar-refractivity contribution in [1.82, 2.24) is 0 Å². The molecule has 0 aliphatic carbocycles. The van der Waals surface area contributed by atoms with Crippen molar-refractivity contribution in [3.8, 4) is 0 Å². The van der Waals surface area contributed by atoms with Crippen molar-refractivity contribution in [3.05, 3.63) is 24.0 Å². The van der Waals surface area contributed by atoms with Crippen molar-refractivity contribution in [2.24, 2.45) is 0 Å². The number of halogens is 1. The van der Waals surface area contributed by atoms with E-state index in [0.717, 1.165) is 25.1 Å². The van der Waals surface area contributed by atoms with E-state index >= 15 is 0 Å². The van der Waals surface area contributed by atoms with Crippen LogP contribution in [0.4, 0.5) is 15.8 Å². The molecule has 0 saturated carbocycles. The SMILES string of the molecule is CCCC1CNc2c(F)cccc2N1. The lowest BCUT2D eigenvalue weighted by Crippen LogP contribution is -2.33. The molecule has 1 aliphatic heterocycles. The minimum atomic E-state index is -0.176. The molecule has 1 heterocycles. The zero-order valence-corrected chi connectivity index (χ0v) is 8.31. The van der Waals surface area contributed by atoms with Crippen LogP contribution >= 0.6 is 0 Å². The average Bonchev–Trinajstić information content (AvgIpc) is 2.18. The van der Waals surface area contributed by atoms with Crippen LogP contribution in [0.3, 0.4) is 0 Å². The zero-order chi connectivity index (χ0) is 9.97. The van der Waals surface area contributed by atoms with E-state index in [-0.39, 0.29) is 5.82 Å². The Morgan fingerprint density at radius 2 is 2.36 bits per heavy atom. The van der Waals surface area contributed by atoms with Crippen molar-refractivity contribution in [3.63, 3.8) is 0 Å². The Morgan fingerprint density at radius 1 is 1.50 bits per heavy atom. The van der Waals surface area contributed by atoms with Gasteiger partial charge in [0.2, 0.25) is 0 Å². The molecule has 1 aliphatic rings. The summed E-state index contributed by atoms with van der Waals surface area (Å²) in [5, 5.41) is 6.46. The first kappa shape index (κ1) is 9.31. The average molecular weight is 194 g/mol. The Labute approximate surface area is 83.5 Å². The van der Waals surface area contributed by atoms with Gasteiger partial charge in [-0.3, -0.25) is 0 Å². The predicted octanol–water partition coefficient (Wildman–Crippen LogP) is 2.83. The summed E-state index contributed by atoms with van der Waals surface area (Å²) in [7, 11) is 0. The van der Waals surface area contributed by atoms with Gasteiger partial charge >= 0.3 is 0 Å². The summed E-state index contributed by atoms with van der Waals surface area (Å²) < 4.78 is 13.3. The van der Waals surface area contributed by atoms with Gasteiger partial charge < -0.3 is 10.6 Å². The molecule has 14 heavy (non-hydrogen) atoms. The van der Waals surface area contributed by atoms with Crippen molar-refractivity contribution >= 4 is 11.4 Å². The van der Waals surface area contributed by atoms with Crippen molar-refractivity contribution < 1.29 is 4.39 Å². The summed E-state index contributed by atoms with van der Waals surface area (Å²) in [6.45, 7) is 2.96. The Morgan fingerprint density at radius 3 is 3.14 bits per heavy atom. The quantitative estimate of drug-likeness (QED) is 0.756. The number of hydrogen-bond donors (Lipinski definition) is 2. The first-order valence-electron chi connectivity index (χ1n) is 5.10. The van der Waals surface area contributed by atoms with Gasteiger partial charge in [-0.25, -0.2) is 4.39 Å². The Hall–Kier alpha value is -1.25. The highest BCUT2D eigenvalue weighted by Gasteiger charge is 2.18. The third-order valence-electron chi connectivity index (χ3n) is 2.54. The van der Waals surface area contributed by atoms with E-state index in [4.69, 9.17) is 0 Å². The van der Waals surface area contributed by atoms with E-state index in [1.54, 1.807) is 6.07 Å². The lowest BCUT2D eigenvalue weighted by molar-refractivity contribution is 0.614. The van der Waals surface area contributed by atoms with Crippen molar-refractivity contribution in [2.45, 2.75) is 25.8 Å². The highest BCUT2D eigenvalue weighted by molar-refractivity contribution is 5.71. The minimum absolute atomic E-state index is 0.176. The highest BCUT2D eigenvalue weighted by atomic mass is 19.1. The van der Waals surface area contributed by atoms with E-state index in [1.807, 2.05) is 6.07 Å². The molecule has 0 spiro atoms. The summed E-state index contributed by atoms with van der Waals surface area (Å²) in [5.74, 6) is -0.176. The fourth-order valence-electron chi connectivity index (χ4n) is 1.84. The topological polar surface area (TPSA) is 24.1 Å². The maximum absolute atomic E-state index is 13.3. The van der Waals surface area contributed by atoms with Gasteiger partial charge in [-0.15, -0.1) is 0 Å². The molecule has 0 saturated heterocycles. The van der Waals surface area contributed by atoms with Crippen LogP contribution in [0.2, 0.25) is 0 Å². The standard InChI is InChI=1S/C11H15FN2/c1-2-4-8-7-13-11-9(12)5-3-6-10(11)14-8/h3,5-6,8,13-14H,2,4,7H2,1H3. The van der Waals surface area contributed by atoms with Gasteiger partial charge in [0, 0.05) is 12.6 Å². The van der Waals surface area contributed by atoms with Gasteiger partial charge in [0.15, 0.2) is 0 Å². The summed E-state index contributed by atoms with van der Waals surface area (Å²) in [6, 6.07) is 5.55. The van der Waals surface area contributed by atoms with Crippen LogP contribution in [-0.4, -0.2) is 12.6 Å². The monoisotopic (exact) mass is 194 g/mol. The second-order valence-corrected chi connectivity index (χ2v) is 3.67. The second kappa shape index (κ2) is 3.86. The zero-order valence-electron chi connectivity index (χ0n) is 8.31. The summed E-state index contributed by atoms with van der Waals surface area (Å²) in [6.07, 6.45) is 2.26. The molecule has 0 radical (unpaired) electrons. The maximum Gasteiger partial charge on any atom is 0.148 e. The molecule has 2 N–H and O–H groups in total. The molecule has 2 nitrogen and oxygen atoms in total. The fourth-order valence-corrected chi connectivity index (χ4v) is 1.84. The van der Waals surface area contributed by atoms with Crippen LogP contribution in [0.15, 0.2) is 18.2 Å². The molecule has 0 aromatic heterocycles. The van der Waals surface area contributed by atoms with Gasteiger partial charge in [0.25, 0.3) is 0 Å². The van der Waals surface area contributed by atoms with E-state index < -0.39 is 0 Å². The molecular weight excluding hydrogens is 179 g/mol. The third kappa shape index (κ3) is 1.67. The Balaban J connectivity index is 2.18. The van der Waals surface area contributed by atoms with E-state index in [9.17, 15) is 4.39 Å². The molecule has 1 aromatic carbocycles. The molecule has 0 amide bonds. The van der Waals surface area contributed by atoms with Crippen LogP contribution < -0.4 is 10.6 Å². The Kier molecular flexibility index (Phi) is 2.57. The normalized spacial score (nSPS) is 19.4. The van der Waals surface area contributed by atoms with Gasteiger partial charge in [-0.1, -0.05) is 19.4 Å².